The summed E-state index contributed by atoms with van der Waals surface area (Å²) in [5, 5.41) is 6.65. The number of carbonyl (C=O) groups is 2. The van der Waals surface area contributed by atoms with Crippen LogP contribution < -0.4 is 5.32 Å². The molecule has 1 N–H and O–H groups in total. The number of aryl methyl sites for hydroxylation is 1. The van der Waals surface area contributed by atoms with Crippen molar-refractivity contribution in [2.24, 2.45) is 0 Å². The molecule has 0 spiro atoms. The maximum Gasteiger partial charge on any atom is 0.271 e. The molecule has 2 heterocycles. The largest absolute Gasteiger partial charge is 0.344 e. The smallest absolute Gasteiger partial charge is 0.271 e. The number of amides is 2. The van der Waals surface area contributed by atoms with Gasteiger partial charge in [0, 0.05) is 29.4 Å². The van der Waals surface area contributed by atoms with E-state index in [-0.39, 0.29) is 23.8 Å². The number of hydrogen-bond donors (Lipinski definition) is 1. The number of rotatable bonds is 5. The first-order chi connectivity index (χ1) is 16.1. The zero-order valence-electron chi connectivity index (χ0n) is 18.3. The Bertz CT molecular complexity index is 1170. The molecule has 0 bridgehead atoms. The number of benzene rings is 2. The van der Waals surface area contributed by atoms with Gasteiger partial charge in [-0.3, -0.25) is 9.59 Å². The quantitative estimate of drug-likeness (QED) is 0.549. The van der Waals surface area contributed by atoms with Crippen molar-refractivity contribution in [3.8, 4) is 0 Å². The molecule has 1 unspecified atom stereocenters. The van der Waals surface area contributed by atoms with E-state index in [2.05, 4.69) is 22.4 Å². The van der Waals surface area contributed by atoms with E-state index in [1.807, 2.05) is 46.7 Å². The summed E-state index contributed by atoms with van der Waals surface area (Å²) in [4.78, 5) is 32.1. The summed E-state index contributed by atoms with van der Waals surface area (Å²) in [7, 11) is 0. The lowest BCUT2D eigenvalue weighted by Gasteiger charge is -2.31. The second kappa shape index (κ2) is 9.65. The predicted molar refractivity (Wildman–Crippen MR) is 131 cm³/mol. The van der Waals surface area contributed by atoms with Crippen LogP contribution in [0.3, 0.4) is 0 Å². The van der Waals surface area contributed by atoms with E-state index in [0.29, 0.717) is 30.2 Å². The first-order valence-corrected chi connectivity index (χ1v) is 12.7. The molecule has 2 aliphatic rings. The zero-order valence-corrected chi connectivity index (χ0v) is 19.9. The third-order valence-corrected chi connectivity index (χ3v) is 8.07. The predicted octanol–water partition coefficient (Wildman–Crippen LogP) is 5.16. The normalized spacial score (nSPS) is 18.2. The minimum atomic E-state index is -0.105. The topological polar surface area (TPSA) is 62.3 Å². The molecule has 3 aromatic rings. The summed E-state index contributed by atoms with van der Waals surface area (Å²) in [6.07, 6.45) is 3.98. The Hall–Kier alpha value is -2.70. The Labute approximate surface area is 202 Å². The van der Waals surface area contributed by atoms with Gasteiger partial charge in [-0.25, -0.2) is 4.98 Å². The van der Waals surface area contributed by atoms with E-state index in [4.69, 9.17) is 11.6 Å². The van der Waals surface area contributed by atoms with Gasteiger partial charge in [0.2, 0.25) is 5.91 Å². The van der Waals surface area contributed by atoms with Crippen LogP contribution in [-0.2, 0) is 17.6 Å². The van der Waals surface area contributed by atoms with E-state index in [1.165, 1.54) is 11.1 Å². The number of thiazole rings is 1. The van der Waals surface area contributed by atoms with E-state index in [9.17, 15) is 9.59 Å². The molecule has 1 aliphatic carbocycles. The Balaban J connectivity index is 1.15. The molecule has 0 saturated carbocycles. The number of likely N-dealkylation sites (tertiary alicyclic amines) is 1. The minimum Gasteiger partial charge on any atom is -0.344 e. The molecule has 1 atom stereocenters. The molecule has 5 nitrogen and oxygen atoms in total. The van der Waals surface area contributed by atoms with Crippen molar-refractivity contribution in [2.45, 2.75) is 44.1 Å². The van der Waals surface area contributed by atoms with Gasteiger partial charge >= 0.3 is 0 Å². The van der Waals surface area contributed by atoms with E-state index >= 15 is 0 Å². The molecule has 170 valence electrons. The van der Waals surface area contributed by atoms with Crippen LogP contribution in [0.25, 0.3) is 0 Å². The van der Waals surface area contributed by atoms with Crippen molar-refractivity contribution >= 4 is 34.8 Å². The lowest BCUT2D eigenvalue weighted by Crippen LogP contribution is -2.38. The maximum absolute atomic E-state index is 12.8. The first-order valence-electron chi connectivity index (χ1n) is 11.4. The lowest BCUT2D eigenvalue weighted by atomic mass is 9.97. The minimum absolute atomic E-state index is 0.0613. The monoisotopic (exact) mass is 479 g/mol. The molecule has 1 saturated heterocycles. The standard InChI is InChI=1S/C26H26ClN3O2S/c27-21-8-4-2-6-19(21)15-24(31)30-13-11-18(12-14-30)26-29-23(16-33-26)25(32)28-22-10-9-17-5-1-3-7-20(17)22/h1-8,16,18,22H,9-15H2,(H,28,32). The number of fused-ring (bicyclic) bond motifs is 1. The highest BCUT2D eigenvalue weighted by atomic mass is 35.5. The van der Waals surface area contributed by atoms with Crippen LogP contribution in [-0.4, -0.2) is 34.8 Å². The summed E-state index contributed by atoms with van der Waals surface area (Å²) >= 11 is 7.76. The van der Waals surface area contributed by atoms with E-state index in [1.54, 1.807) is 11.3 Å². The summed E-state index contributed by atoms with van der Waals surface area (Å²) in [5.41, 5.74) is 3.90. The van der Waals surface area contributed by atoms with Gasteiger partial charge < -0.3 is 10.2 Å². The van der Waals surface area contributed by atoms with Gasteiger partial charge in [-0.05, 0) is 48.4 Å². The van der Waals surface area contributed by atoms with Gasteiger partial charge in [0.15, 0.2) is 0 Å². The molecule has 1 aromatic heterocycles. The fourth-order valence-corrected chi connectivity index (χ4v) is 5.98. The third kappa shape index (κ3) is 4.82. The number of nitrogens with one attached hydrogen (secondary N) is 1. The van der Waals surface area contributed by atoms with Crippen LogP contribution in [0, 0.1) is 0 Å². The molecular formula is C26H26ClN3O2S. The molecule has 0 radical (unpaired) electrons. The zero-order chi connectivity index (χ0) is 22.8. The van der Waals surface area contributed by atoms with Crippen molar-refractivity contribution in [1.29, 1.82) is 0 Å². The molecule has 7 heteroatoms. The number of aromatic nitrogens is 1. The second-order valence-electron chi connectivity index (χ2n) is 8.76. The van der Waals surface area contributed by atoms with Crippen molar-refractivity contribution in [3.63, 3.8) is 0 Å². The highest BCUT2D eigenvalue weighted by molar-refractivity contribution is 7.09. The van der Waals surface area contributed by atoms with Gasteiger partial charge in [0.25, 0.3) is 5.91 Å². The molecule has 33 heavy (non-hydrogen) atoms. The van der Waals surface area contributed by atoms with Crippen LogP contribution in [0.1, 0.15) is 63.4 Å². The summed E-state index contributed by atoms with van der Waals surface area (Å²) in [6, 6.07) is 15.9. The summed E-state index contributed by atoms with van der Waals surface area (Å²) in [5.74, 6) is 0.289. The highest BCUT2D eigenvalue weighted by Gasteiger charge is 2.28. The molecule has 2 amide bonds. The van der Waals surface area contributed by atoms with Crippen molar-refractivity contribution in [2.75, 3.05) is 13.1 Å². The number of nitrogens with zero attached hydrogens (tertiary/aromatic N) is 2. The summed E-state index contributed by atoms with van der Waals surface area (Å²) < 4.78 is 0. The number of carbonyl (C=O) groups excluding carboxylic acids is 2. The van der Waals surface area contributed by atoms with Gasteiger partial charge in [0.05, 0.1) is 17.5 Å². The second-order valence-corrected chi connectivity index (χ2v) is 10.1. The van der Waals surface area contributed by atoms with Crippen LogP contribution in [0.5, 0.6) is 0 Å². The fraction of sp³-hybridized carbons (Fsp3) is 0.346. The number of piperidine rings is 1. The van der Waals surface area contributed by atoms with Crippen LogP contribution in [0.15, 0.2) is 53.9 Å². The lowest BCUT2D eigenvalue weighted by molar-refractivity contribution is -0.131. The van der Waals surface area contributed by atoms with Crippen molar-refractivity contribution < 1.29 is 9.59 Å². The Morgan fingerprint density at radius 2 is 1.82 bits per heavy atom. The summed E-state index contributed by atoms with van der Waals surface area (Å²) in [6.45, 7) is 1.40. The van der Waals surface area contributed by atoms with E-state index in [0.717, 1.165) is 36.3 Å². The van der Waals surface area contributed by atoms with Gasteiger partial charge in [0.1, 0.15) is 5.69 Å². The van der Waals surface area contributed by atoms with Gasteiger partial charge in [-0.1, -0.05) is 54.1 Å². The molecular weight excluding hydrogens is 454 g/mol. The van der Waals surface area contributed by atoms with E-state index < -0.39 is 0 Å². The van der Waals surface area contributed by atoms with Gasteiger partial charge in [-0.2, -0.15) is 0 Å². The average molecular weight is 480 g/mol. The fourth-order valence-electron chi connectivity index (χ4n) is 4.81. The maximum atomic E-state index is 12.8. The SMILES string of the molecule is O=C(NC1CCc2ccccc21)c1csc(C2CCN(C(=O)Cc3ccccc3Cl)CC2)n1. The van der Waals surface area contributed by atoms with Gasteiger partial charge in [-0.15, -0.1) is 11.3 Å². The Morgan fingerprint density at radius 3 is 2.64 bits per heavy atom. The highest BCUT2D eigenvalue weighted by Crippen LogP contribution is 2.33. The molecule has 1 aliphatic heterocycles. The Morgan fingerprint density at radius 1 is 1.06 bits per heavy atom. The van der Waals surface area contributed by atoms with Crippen LogP contribution >= 0.6 is 22.9 Å². The van der Waals surface area contributed by atoms with Crippen LogP contribution in [0.2, 0.25) is 5.02 Å². The van der Waals surface area contributed by atoms with Crippen molar-refractivity contribution in [1.82, 2.24) is 15.2 Å². The average Bonchev–Trinajstić information content (AvgIpc) is 3.49. The van der Waals surface area contributed by atoms with Crippen molar-refractivity contribution in [3.05, 3.63) is 86.3 Å². The third-order valence-electron chi connectivity index (χ3n) is 6.69. The van der Waals surface area contributed by atoms with Crippen LogP contribution in [0.4, 0.5) is 0 Å². The number of halogens is 1. The number of hydrogen-bond acceptors (Lipinski definition) is 4. The first kappa shape index (κ1) is 22.1. The molecule has 5 rings (SSSR count). The molecule has 2 aromatic carbocycles. The molecule has 1 fully saturated rings. The Kier molecular flexibility index (Phi) is 6.47.